The zero-order valence-corrected chi connectivity index (χ0v) is 29.8. The van der Waals surface area contributed by atoms with Crippen LogP contribution in [0.4, 0.5) is 16.2 Å². The molecule has 3 aromatic rings. The second-order valence-corrected chi connectivity index (χ2v) is 18.9. The summed E-state index contributed by atoms with van der Waals surface area (Å²) in [6, 6.07) is 11.4. The first-order chi connectivity index (χ1) is 22.9. The van der Waals surface area contributed by atoms with Gasteiger partial charge in [-0.1, -0.05) is 27.7 Å². The Bertz CT molecular complexity index is 1910. The number of hydrogen-bond donors (Lipinski definition) is 1. The van der Waals surface area contributed by atoms with Gasteiger partial charge in [-0.3, -0.25) is 20.2 Å². The maximum atomic E-state index is 13.7. The summed E-state index contributed by atoms with van der Waals surface area (Å²) in [7, 11) is -2.24. The summed E-state index contributed by atoms with van der Waals surface area (Å²) in [5.74, 6) is -1.96. The van der Waals surface area contributed by atoms with Crippen LogP contribution in [0.3, 0.4) is 0 Å². The number of rotatable bonds is 10. The van der Waals surface area contributed by atoms with Gasteiger partial charge in [0.15, 0.2) is 8.32 Å². The molecule has 2 aliphatic heterocycles. The average molecular weight is 692 g/mol. The number of nitrogens with one attached hydrogen (secondary N) is 1. The third kappa shape index (κ3) is 7.01. The molecule has 0 spiro atoms. The standard InChI is InChI=1S/C35H41N3O10Si/c1-19-15-28(39)47-27-16-23(11-14-25(19)27)36-34(42)46-18-26-20(2)30-29(21(3)48-49(7,8)35(4,5)6)32(40)37(30)31(26)33(41)45-17-22-9-12-24(13-10-22)38(43)44/h9-16,20-21,29-30H,17-18H2,1-8H3,(H,36,42)/t20-,21+,29+,30+/m0/s1. The molecule has 3 heterocycles. The molecule has 0 bridgehead atoms. The third-order valence-electron chi connectivity index (χ3n) is 9.86. The molecule has 0 saturated carbocycles. The smallest absolute Gasteiger partial charge is 0.411 e. The first kappa shape index (κ1) is 35.5. The van der Waals surface area contributed by atoms with E-state index in [2.05, 4.69) is 39.2 Å². The molecule has 0 radical (unpaired) electrons. The summed E-state index contributed by atoms with van der Waals surface area (Å²) in [6.45, 7) is 15.6. The Labute approximate surface area is 284 Å². The van der Waals surface area contributed by atoms with Crippen LogP contribution in [0.1, 0.15) is 45.7 Å². The first-order valence-electron chi connectivity index (χ1n) is 16.0. The number of fused-ring (bicyclic) bond motifs is 2. The topological polar surface area (TPSA) is 168 Å². The van der Waals surface area contributed by atoms with Crippen molar-refractivity contribution in [2.45, 2.75) is 78.4 Å². The Balaban J connectivity index is 1.36. The van der Waals surface area contributed by atoms with Gasteiger partial charge in [0, 0.05) is 46.8 Å². The van der Waals surface area contributed by atoms with Gasteiger partial charge in [-0.2, -0.15) is 0 Å². The Morgan fingerprint density at radius 3 is 2.37 bits per heavy atom. The van der Waals surface area contributed by atoms with E-state index in [0.717, 1.165) is 10.9 Å². The van der Waals surface area contributed by atoms with Crippen LogP contribution in [0.25, 0.3) is 11.0 Å². The fourth-order valence-corrected chi connectivity index (χ4v) is 7.59. The van der Waals surface area contributed by atoms with E-state index in [1.807, 2.05) is 13.8 Å². The number of anilines is 1. The highest BCUT2D eigenvalue weighted by atomic mass is 28.4. The molecule has 260 valence electrons. The predicted octanol–water partition coefficient (Wildman–Crippen LogP) is 6.44. The fraction of sp³-hybridized carbons (Fsp3) is 0.429. The molecule has 13 nitrogen and oxygen atoms in total. The molecule has 1 fully saturated rings. The quantitative estimate of drug-likeness (QED) is 0.0624. The zero-order chi connectivity index (χ0) is 36.0. The van der Waals surface area contributed by atoms with E-state index in [-0.39, 0.29) is 41.5 Å². The number of nitro groups is 1. The molecule has 14 heteroatoms. The zero-order valence-electron chi connectivity index (χ0n) is 28.8. The highest BCUT2D eigenvalue weighted by Gasteiger charge is 2.61. The molecule has 0 aliphatic carbocycles. The van der Waals surface area contributed by atoms with E-state index in [0.29, 0.717) is 22.4 Å². The molecule has 2 aliphatic rings. The number of benzene rings is 2. The number of amides is 2. The second kappa shape index (κ2) is 13.2. The van der Waals surface area contributed by atoms with Crippen molar-refractivity contribution < 1.29 is 37.6 Å². The number of esters is 1. The molecule has 5 rings (SSSR count). The van der Waals surface area contributed by atoms with Crippen molar-refractivity contribution >= 4 is 48.6 Å². The molecular formula is C35H41N3O10Si. The predicted molar refractivity (Wildman–Crippen MR) is 183 cm³/mol. The molecule has 4 atom stereocenters. The van der Waals surface area contributed by atoms with E-state index < -0.39 is 49.0 Å². The molecule has 0 unspecified atom stereocenters. The van der Waals surface area contributed by atoms with E-state index >= 15 is 0 Å². The van der Waals surface area contributed by atoms with Crippen molar-refractivity contribution in [3.63, 3.8) is 0 Å². The van der Waals surface area contributed by atoms with Crippen molar-refractivity contribution in [1.29, 1.82) is 0 Å². The summed E-state index contributed by atoms with van der Waals surface area (Å²) in [4.78, 5) is 64.1. The number of carbonyl (C=O) groups excluding carboxylic acids is 3. The summed E-state index contributed by atoms with van der Waals surface area (Å²) in [5.41, 5.74) is 1.70. The maximum absolute atomic E-state index is 13.7. The van der Waals surface area contributed by atoms with Crippen LogP contribution < -0.4 is 10.9 Å². The van der Waals surface area contributed by atoms with Gasteiger partial charge < -0.3 is 23.2 Å². The molecule has 49 heavy (non-hydrogen) atoms. The van der Waals surface area contributed by atoms with Crippen LogP contribution in [0.15, 0.2) is 69.0 Å². The normalized spacial score (nSPS) is 19.7. The number of β-lactam (4-membered cyclic amide) rings is 1. The van der Waals surface area contributed by atoms with Gasteiger partial charge in [0.2, 0.25) is 5.91 Å². The maximum Gasteiger partial charge on any atom is 0.411 e. The van der Waals surface area contributed by atoms with E-state index in [4.69, 9.17) is 18.3 Å². The van der Waals surface area contributed by atoms with Crippen molar-refractivity contribution in [3.8, 4) is 0 Å². The Hall–Kier alpha value is -4.82. The van der Waals surface area contributed by atoms with Crippen LogP contribution in [-0.4, -0.2) is 54.9 Å². The van der Waals surface area contributed by atoms with Crippen molar-refractivity contribution in [2.75, 3.05) is 11.9 Å². The lowest BCUT2D eigenvalue weighted by molar-refractivity contribution is -0.384. The number of carbonyl (C=O) groups is 3. The highest BCUT2D eigenvalue weighted by Crippen LogP contribution is 2.49. The van der Waals surface area contributed by atoms with Gasteiger partial charge in [-0.25, -0.2) is 14.4 Å². The van der Waals surface area contributed by atoms with Crippen LogP contribution >= 0.6 is 0 Å². The summed E-state index contributed by atoms with van der Waals surface area (Å²) < 4.78 is 23.0. The molecule has 2 aromatic carbocycles. The minimum atomic E-state index is -2.24. The van der Waals surface area contributed by atoms with Crippen LogP contribution in [0.5, 0.6) is 0 Å². The first-order valence-corrected chi connectivity index (χ1v) is 18.9. The molecule has 1 saturated heterocycles. The fourth-order valence-electron chi connectivity index (χ4n) is 6.16. The number of nitro benzene ring substituents is 1. The van der Waals surface area contributed by atoms with Crippen LogP contribution in [0.2, 0.25) is 18.1 Å². The van der Waals surface area contributed by atoms with Gasteiger partial charge in [0.25, 0.3) is 5.69 Å². The summed E-state index contributed by atoms with van der Waals surface area (Å²) >= 11 is 0. The minimum absolute atomic E-state index is 0.0101. The van der Waals surface area contributed by atoms with Gasteiger partial charge in [0.05, 0.1) is 23.0 Å². The number of ether oxygens (including phenoxy) is 2. The Kier molecular flexibility index (Phi) is 9.58. The molecule has 1 N–H and O–H groups in total. The van der Waals surface area contributed by atoms with E-state index in [1.54, 1.807) is 19.1 Å². The van der Waals surface area contributed by atoms with Crippen LogP contribution in [0, 0.1) is 28.9 Å². The average Bonchev–Trinajstić information content (AvgIpc) is 3.25. The molecule has 2 amide bonds. The molecule has 1 aromatic heterocycles. The van der Waals surface area contributed by atoms with Crippen molar-refractivity contribution in [2.24, 2.45) is 11.8 Å². The number of hydrogen-bond acceptors (Lipinski definition) is 10. The highest BCUT2D eigenvalue weighted by molar-refractivity contribution is 6.74. The summed E-state index contributed by atoms with van der Waals surface area (Å²) in [6.07, 6.45) is -1.24. The lowest BCUT2D eigenvalue weighted by Crippen LogP contribution is -2.65. The van der Waals surface area contributed by atoms with Gasteiger partial charge in [0.1, 0.15) is 24.5 Å². The van der Waals surface area contributed by atoms with Gasteiger partial charge in [-0.05, 0) is 67.4 Å². The number of non-ortho nitro benzene ring substituents is 1. The van der Waals surface area contributed by atoms with Crippen LogP contribution in [-0.2, 0) is 30.1 Å². The lowest BCUT2D eigenvalue weighted by Gasteiger charge is -2.50. The second-order valence-electron chi connectivity index (χ2n) is 14.1. The lowest BCUT2D eigenvalue weighted by atomic mass is 9.78. The monoisotopic (exact) mass is 691 g/mol. The van der Waals surface area contributed by atoms with E-state index in [1.165, 1.54) is 41.3 Å². The van der Waals surface area contributed by atoms with Crippen molar-refractivity contribution in [3.05, 3.63) is 91.5 Å². The third-order valence-corrected chi connectivity index (χ3v) is 14.4. The van der Waals surface area contributed by atoms with Gasteiger partial charge >= 0.3 is 17.7 Å². The Morgan fingerprint density at radius 1 is 1.06 bits per heavy atom. The number of nitrogens with zero attached hydrogens (tertiary/aromatic N) is 2. The minimum Gasteiger partial charge on any atom is -0.456 e. The van der Waals surface area contributed by atoms with Crippen molar-refractivity contribution in [1.82, 2.24) is 4.90 Å². The summed E-state index contributed by atoms with van der Waals surface area (Å²) in [5, 5.41) is 14.3. The number of aryl methyl sites for hydroxylation is 1. The van der Waals surface area contributed by atoms with E-state index in [9.17, 15) is 29.3 Å². The molecular weight excluding hydrogens is 650 g/mol. The SMILES string of the molecule is Cc1cc(=O)oc2cc(NC(=O)OCC3=C(C(=O)OCc4ccc([N+](=O)[O-])cc4)N4C(=O)[C@H]([C@@H](C)O[Si](C)(C)C(C)(C)C)[C@H]4[C@H]3C)ccc12. The largest absolute Gasteiger partial charge is 0.456 e. The van der Waals surface area contributed by atoms with Gasteiger partial charge in [-0.15, -0.1) is 0 Å². The Morgan fingerprint density at radius 2 is 1.73 bits per heavy atom.